The summed E-state index contributed by atoms with van der Waals surface area (Å²) in [7, 11) is -3.72. The summed E-state index contributed by atoms with van der Waals surface area (Å²) in [4.78, 5) is 3.62. The molecule has 1 heterocycles. The number of hydrogen-bond donors (Lipinski definition) is 2. The van der Waals surface area contributed by atoms with Crippen LogP contribution in [-0.2, 0) is 10.0 Å². The zero-order valence-corrected chi connectivity index (χ0v) is 10.3. The number of aromatic nitrogens is 1. The Balaban J connectivity index is 2.99. The maximum Gasteiger partial charge on any atom is 0.243 e. The number of aliphatic hydroxyl groups is 1. The number of sulfonamides is 1. The van der Waals surface area contributed by atoms with E-state index in [4.69, 9.17) is 16.7 Å². The molecule has 0 aliphatic carbocycles. The van der Waals surface area contributed by atoms with Crippen LogP contribution in [0.3, 0.4) is 0 Å². The van der Waals surface area contributed by atoms with Crippen molar-refractivity contribution in [2.24, 2.45) is 0 Å². The molecule has 0 aliphatic heterocycles. The fraction of sp³-hybridized carbons (Fsp3) is 0.444. The molecule has 0 bridgehead atoms. The minimum absolute atomic E-state index is 0.0800. The van der Waals surface area contributed by atoms with Gasteiger partial charge in [0, 0.05) is 18.4 Å². The van der Waals surface area contributed by atoms with Crippen LogP contribution < -0.4 is 4.72 Å². The van der Waals surface area contributed by atoms with Crippen molar-refractivity contribution in [3.63, 3.8) is 0 Å². The second kappa shape index (κ2) is 5.58. The van der Waals surface area contributed by atoms with E-state index in [0.29, 0.717) is 6.42 Å². The Kier molecular flexibility index (Phi) is 4.67. The molecule has 16 heavy (non-hydrogen) atoms. The molecule has 0 aromatic carbocycles. The minimum atomic E-state index is -3.72. The molecule has 1 aromatic heterocycles. The highest BCUT2D eigenvalue weighted by molar-refractivity contribution is 7.89. The number of hydrogen-bond acceptors (Lipinski definition) is 4. The average Bonchev–Trinajstić information content (AvgIpc) is 2.26. The quantitative estimate of drug-likeness (QED) is 0.824. The van der Waals surface area contributed by atoms with E-state index >= 15 is 0 Å². The fourth-order valence-electron chi connectivity index (χ4n) is 1.09. The molecule has 0 saturated heterocycles. The van der Waals surface area contributed by atoms with Gasteiger partial charge in [0.05, 0.1) is 11.6 Å². The van der Waals surface area contributed by atoms with Crippen LogP contribution in [0.5, 0.6) is 0 Å². The van der Waals surface area contributed by atoms with Crippen LogP contribution in [0.2, 0.25) is 5.02 Å². The van der Waals surface area contributed by atoms with E-state index in [2.05, 4.69) is 9.71 Å². The summed E-state index contributed by atoms with van der Waals surface area (Å²) < 4.78 is 26.0. The molecule has 90 valence electrons. The summed E-state index contributed by atoms with van der Waals surface area (Å²) in [5, 5.41) is 9.04. The second-order valence-electron chi connectivity index (χ2n) is 3.22. The summed E-state index contributed by atoms with van der Waals surface area (Å²) >= 11 is 5.76. The molecule has 0 amide bonds. The van der Waals surface area contributed by atoms with Gasteiger partial charge in [-0.3, -0.25) is 4.98 Å². The van der Waals surface area contributed by atoms with Gasteiger partial charge in [-0.2, -0.15) is 0 Å². The van der Waals surface area contributed by atoms with Crippen molar-refractivity contribution >= 4 is 21.6 Å². The van der Waals surface area contributed by atoms with Gasteiger partial charge in [0.1, 0.15) is 4.90 Å². The molecule has 0 spiro atoms. The summed E-state index contributed by atoms with van der Waals surface area (Å²) in [6.07, 6.45) is 3.08. The summed E-state index contributed by atoms with van der Waals surface area (Å²) in [6, 6.07) is 0.886. The van der Waals surface area contributed by atoms with Crippen molar-refractivity contribution in [1.82, 2.24) is 9.71 Å². The lowest BCUT2D eigenvalue weighted by Crippen LogP contribution is -2.37. The number of rotatable bonds is 5. The van der Waals surface area contributed by atoms with Crippen LogP contribution in [0.4, 0.5) is 0 Å². The molecule has 1 atom stereocenters. The van der Waals surface area contributed by atoms with Gasteiger partial charge in [-0.15, -0.1) is 0 Å². The van der Waals surface area contributed by atoms with Crippen molar-refractivity contribution in [2.75, 3.05) is 6.61 Å². The molecular formula is C9H13ClN2O3S. The Morgan fingerprint density at radius 2 is 2.31 bits per heavy atom. The fourth-order valence-corrected chi connectivity index (χ4v) is 2.83. The van der Waals surface area contributed by atoms with E-state index in [1.54, 1.807) is 6.92 Å². The van der Waals surface area contributed by atoms with Crippen molar-refractivity contribution in [3.05, 3.63) is 23.5 Å². The monoisotopic (exact) mass is 264 g/mol. The molecule has 7 heteroatoms. The zero-order valence-electron chi connectivity index (χ0n) is 8.72. The lowest BCUT2D eigenvalue weighted by Gasteiger charge is -2.14. The number of nitrogens with one attached hydrogen (secondary N) is 1. The molecule has 1 aromatic rings. The Morgan fingerprint density at radius 3 is 2.81 bits per heavy atom. The molecule has 0 aliphatic rings. The van der Waals surface area contributed by atoms with Crippen LogP contribution in [0, 0.1) is 0 Å². The molecular weight excluding hydrogens is 252 g/mol. The minimum Gasteiger partial charge on any atom is -0.395 e. The predicted octanol–water partition coefficient (Wildman–Crippen LogP) is 0.784. The summed E-state index contributed by atoms with van der Waals surface area (Å²) in [6.45, 7) is 1.52. The molecule has 0 radical (unpaired) electrons. The molecule has 0 saturated carbocycles. The average molecular weight is 265 g/mol. The van der Waals surface area contributed by atoms with Gasteiger partial charge < -0.3 is 5.11 Å². The van der Waals surface area contributed by atoms with Crippen LogP contribution in [0.25, 0.3) is 0 Å². The molecule has 1 rings (SSSR count). The van der Waals surface area contributed by atoms with Crippen LogP contribution in [0.1, 0.15) is 13.3 Å². The maximum absolute atomic E-state index is 11.8. The highest BCUT2D eigenvalue weighted by Gasteiger charge is 2.21. The van der Waals surface area contributed by atoms with E-state index in [1.165, 1.54) is 18.5 Å². The van der Waals surface area contributed by atoms with Crippen molar-refractivity contribution in [2.45, 2.75) is 24.3 Å². The van der Waals surface area contributed by atoms with Crippen molar-refractivity contribution < 1.29 is 13.5 Å². The predicted molar refractivity (Wildman–Crippen MR) is 60.7 cm³/mol. The number of aliphatic hydroxyl groups excluding tert-OH is 1. The third-order valence-electron chi connectivity index (χ3n) is 2.06. The van der Waals surface area contributed by atoms with Gasteiger partial charge >= 0.3 is 0 Å². The topological polar surface area (TPSA) is 79.3 Å². The molecule has 0 fully saturated rings. The van der Waals surface area contributed by atoms with Gasteiger partial charge in [0.2, 0.25) is 10.0 Å². The zero-order chi connectivity index (χ0) is 12.2. The number of halogens is 1. The molecule has 5 nitrogen and oxygen atoms in total. The first kappa shape index (κ1) is 13.4. The lowest BCUT2D eigenvalue weighted by molar-refractivity contribution is 0.254. The number of nitrogens with zero attached hydrogens (tertiary/aromatic N) is 1. The third-order valence-corrected chi connectivity index (χ3v) is 4.05. The molecule has 2 N–H and O–H groups in total. The largest absolute Gasteiger partial charge is 0.395 e. The van der Waals surface area contributed by atoms with Crippen molar-refractivity contribution in [1.29, 1.82) is 0 Å². The normalized spacial score (nSPS) is 13.7. The van der Waals surface area contributed by atoms with E-state index in [-0.39, 0.29) is 16.5 Å². The van der Waals surface area contributed by atoms with E-state index in [1.807, 2.05) is 0 Å². The van der Waals surface area contributed by atoms with E-state index in [0.717, 1.165) is 0 Å². The standard InChI is InChI=1S/C9H13ClN2O3S/c1-2-7(6-13)12-16(14,15)9-5-11-4-3-8(9)10/h3-5,7,12-13H,2,6H2,1H3/t7-/m0/s1. The Hall–Kier alpha value is -0.690. The Bertz CT molecular complexity index is 446. The maximum atomic E-state index is 11.8. The lowest BCUT2D eigenvalue weighted by atomic mass is 10.3. The van der Waals surface area contributed by atoms with Gasteiger partial charge in [-0.25, -0.2) is 13.1 Å². The third kappa shape index (κ3) is 3.15. The summed E-state index contributed by atoms with van der Waals surface area (Å²) in [5.74, 6) is 0. The van der Waals surface area contributed by atoms with Crippen molar-refractivity contribution in [3.8, 4) is 0 Å². The first-order valence-corrected chi connectivity index (χ1v) is 6.60. The molecule has 0 unspecified atom stereocenters. The number of pyridine rings is 1. The smallest absolute Gasteiger partial charge is 0.243 e. The van der Waals surface area contributed by atoms with Crippen LogP contribution in [-0.4, -0.2) is 31.2 Å². The first-order valence-electron chi connectivity index (χ1n) is 4.74. The van der Waals surface area contributed by atoms with Gasteiger partial charge in [0.15, 0.2) is 0 Å². The van der Waals surface area contributed by atoms with E-state index in [9.17, 15) is 8.42 Å². The van der Waals surface area contributed by atoms with Crippen LogP contribution >= 0.6 is 11.6 Å². The van der Waals surface area contributed by atoms with Crippen LogP contribution in [0.15, 0.2) is 23.4 Å². The van der Waals surface area contributed by atoms with E-state index < -0.39 is 16.1 Å². The Labute approximate surface area is 99.5 Å². The second-order valence-corrected chi connectivity index (χ2v) is 5.30. The Morgan fingerprint density at radius 1 is 1.62 bits per heavy atom. The van der Waals surface area contributed by atoms with Gasteiger partial charge in [-0.1, -0.05) is 18.5 Å². The first-order chi connectivity index (χ1) is 7.51. The highest BCUT2D eigenvalue weighted by Crippen LogP contribution is 2.19. The highest BCUT2D eigenvalue weighted by atomic mass is 35.5. The van der Waals surface area contributed by atoms with Gasteiger partial charge in [0.25, 0.3) is 0 Å². The SMILES string of the molecule is CC[C@@H](CO)NS(=O)(=O)c1cnccc1Cl. The summed E-state index contributed by atoms with van der Waals surface area (Å²) in [5.41, 5.74) is 0. The van der Waals surface area contributed by atoms with Gasteiger partial charge in [-0.05, 0) is 12.5 Å².